The molecule has 1 amide bonds. The summed E-state index contributed by atoms with van der Waals surface area (Å²) in [5, 5.41) is 8.96. The summed E-state index contributed by atoms with van der Waals surface area (Å²) >= 11 is 0. The highest BCUT2D eigenvalue weighted by molar-refractivity contribution is 5.85. The van der Waals surface area contributed by atoms with Gasteiger partial charge in [-0.3, -0.25) is 9.69 Å². The Morgan fingerprint density at radius 1 is 1.33 bits per heavy atom. The Bertz CT molecular complexity index is 573. The summed E-state index contributed by atoms with van der Waals surface area (Å²) in [4.78, 5) is 16.7. The summed E-state index contributed by atoms with van der Waals surface area (Å²) in [6.45, 7) is 5.23. The van der Waals surface area contributed by atoms with Gasteiger partial charge in [-0.1, -0.05) is 18.2 Å². The quantitative estimate of drug-likeness (QED) is 0.820. The molecule has 21 heavy (non-hydrogen) atoms. The maximum Gasteiger partial charge on any atom is 0.233 e. The predicted octanol–water partition coefficient (Wildman–Crippen LogP) is 1.22. The van der Waals surface area contributed by atoms with Crippen molar-refractivity contribution in [2.75, 3.05) is 32.8 Å². The van der Waals surface area contributed by atoms with E-state index in [1.54, 1.807) is 0 Å². The molecule has 1 fully saturated rings. The molecule has 0 radical (unpaired) electrons. The minimum Gasteiger partial charge on any atom is -0.492 e. The standard InChI is InChI=1S/C16H19N3O2/c1-12(10-17)18-6-8-19(9-7-18)16(20)14-11-21-15-5-3-2-4-13(14)15/h2-5,12,14H,6-9,11H2,1H3. The van der Waals surface area contributed by atoms with Gasteiger partial charge in [0, 0.05) is 31.7 Å². The van der Waals surface area contributed by atoms with Gasteiger partial charge in [-0.05, 0) is 13.0 Å². The van der Waals surface area contributed by atoms with Crippen molar-refractivity contribution in [2.24, 2.45) is 0 Å². The van der Waals surface area contributed by atoms with Gasteiger partial charge in [0.15, 0.2) is 0 Å². The van der Waals surface area contributed by atoms with Crippen molar-refractivity contribution >= 4 is 5.91 Å². The van der Waals surface area contributed by atoms with Crippen LogP contribution in [0, 0.1) is 11.3 Å². The van der Waals surface area contributed by atoms with E-state index in [1.807, 2.05) is 36.1 Å². The van der Waals surface area contributed by atoms with Crippen LogP contribution >= 0.6 is 0 Å². The van der Waals surface area contributed by atoms with Crippen molar-refractivity contribution in [1.29, 1.82) is 5.26 Å². The van der Waals surface area contributed by atoms with Gasteiger partial charge in [0.1, 0.15) is 18.3 Å². The number of carbonyl (C=O) groups excluding carboxylic acids is 1. The van der Waals surface area contributed by atoms with E-state index >= 15 is 0 Å². The van der Waals surface area contributed by atoms with E-state index in [9.17, 15) is 4.79 Å². The van der Waals surface area contributed by atoms with Gasteiger partial charge in [-0.2, -0.15) is 5.26 Å². The number of hydrogen-bond acceptors (Lipinski definition) is 4. The molecule has 0 N–H and O–H groups in total. The van der Waals surface area contributed by atoms with Crippen LogP contribution < -0.4 is 4.74 Å². The third-order valence-corrected chi connectivity index (χ3v) is 4.36. The Morgan fingerprint density at radius 2 is 2.05 bits per heavy atom. The number of benzene rings is 1. The van der Waals surface area contributed by atoms with Crippen LogP contribution in [0.2, 0.25) is 0 Å². The first-order valence-electron chi connectivity index (χ1n) is 7.35. The van der Waals surface area contributed by atoms with E-state index in [-0.39, 0.29) is 17.9 Å². The molecule has 5 nitrogen and oxygen atoms in total. The summed E-state index contributed by atoms with van der Waals surface area (Å²) < 4.78 is 5.60. The molecule has 2 aliphatic heterocycles. The Morgan fingerprint density at radius 3 is 2.76 bits per heavy atom. The molecule has 0 spiro atoms. The Labute approximate surface area is 124 Å². The fourth-order valence-corrected chi connectivity index (χ4v) is 3.00. The fourth-order valence-electron chi connectivity index (χ4n) is 3.00. The lowest BCUT2D eigenvalue weighted by molar-refractivity contribution is -0.134. The van der Waals surface area contributed by atoms with Crippen molar-refractivity contribution in [3.8, 4) is 11.8 Å². The number of rotatable bonds is 2. The summed E-state index contributed by atoms with van der Waals surface area (Å²) in [6.07, 6.45) is 0. The molecule has 2 aliphatic rings. The lowest BCUT2D eigenvalue weighted by Gasteiger charge is -2.36. The van der Waals surface area contributed by atoms with Crippen LogP contribution in [0.5, 0.6) is 5.75 Å². The maximum atomic E-state index is 12.7. The molecular weight excluding hydrogens is 266 g/mol. The summed E-state index contributed by atoms with van der Waals surface area (Å²) in [5.74, 6) is 0.790. The van der Waals surface area contributed by atoms with Crippen LogP contribution in [0.3, 0.4) is 0 Å². The molecular formula is C16H19N3O2. The number of carbonyl (C=O) groups is 1. The second-order valence-electron chi connectivity index (χ2n) is 5.57. The lowest BCUT2D eigenvalue weighted by atomic mass is 9.99. The van der Waals surface area contributed by atoms with Gasteiger partial charge in [0.25, 0.3) is 0 Å². The molecule has 1 saturated heterocycles. The summed E-state index contributed by atoms with van der Waals surface area (Å²) in [5.41, 5.74) is 0.996. The van der Waals surface area contributed by atoms with Crippen LogP contribution in [0.25, 0.3) is 0 Å². The number of para-hydroxylation sites is 1. The largest absolute Gasteiger partial charge is 0.492 e. The maximum absolute atomic E-state index is 12.7. The highest BCUT2D eigenvalue weighted by Crippen LogP contribution is 2.34. The van der Waals surface area contributed by atoms with Crippen molar-refractivity contribution in [3.63, 3.8) is 0 Å². The molecule has 2 atom stereocenters. The molecule has 2 unspecified atom stereocenters. The number of piperazine rings is 1. The van der Waals surface area contributed by atoms with Crippen LogP contribution in [0.1, 0.15) is 18.4 Å². The number of nitrogens with zero attached hydrogens (tertiary/aromatic N) is 3. The van der Waals surface area contributed by atoms with E-state index in [2.05, 4.69) is 11.0 Å². The first-order valence-corrected chi connectivity index (χ1v) is 7.35. The minimum absolute atomic E-state index is 0.0854. The van der Waals surface area contributed by atoms with Crippen LogP contribution in [-0.4, -0.2) is 54.5 Å². The molecule has 1 aromatic rings. The van der Waals surface area contributed by atoms with E-state index in [0.29, 0.717) is 19.7 Å². The molecule has 1 aromatic carbocycles. The Kier molecular flexibility index (Phi) is 3.80. The molecule has 5 heteroatoms. The molecule has 0 bridgehead atoms. The van der Waals surface area contributed by atoms with Gasteiger partial charge in [0.2, 0.25) is 5.91 Å². The fraction of sp³-hybridized carbons (Fsp3) is 0.500. The van der Waals surface area contributed by atoms with E-state index in [0.717, 1.165) is 24.4 Å². The molecule has 110 valence electrons. The number of hydrogen-bond donors (Lipinski definition) is 0. The van der Waals surface area contributed by atoms with Gasteiger partial charge in [-0.25, -0.2) is 0 Å². The zero-order valence-corrected chi connectivity index (χ0v) is 12.2. The molecule has 0 aliphatic carbocycles. The number of nitriles is 1. The van der Waals surface area contributed by atoms with E-state index < -0.39 is 0 Å². The third-order valence-electron chi connectivity index (χ3n) is 4.36. The van der Waals surface area contributed by atoms with Gasteiger partial charge < -0.3 is 9.64 Å². The van der Waals surface area contributed by atoms with E-state index in [4.69, 9.17) is 10.00 Å². The highest BCUT2D eigenvalue weighted by Gasteiger charge is 2.34. The first-order chi connectivity index (χ1) is 10.2. The number of fused-ring (bicyclic) bond motifs is 1. The predicted molar refractivity (Wildman–Crippen MR) is 77.9 cm³/mol. The normalized spacial score (nSPS) is 23.0. The topological polar surface area (TPSA) is 56.6 Å². The molecule has 0 aromatic heterocycles. The van der Waals surface area contributed by atoms with Crippen molar-refractivity contribution in [1.82, 2.24) is 9.80 Å². The Balaban J connectivity index is 1.65. The average Bonchev–Trinajstić information content (AvgIpc) is 2.97. The van der Waals surface area contributed by atoms with Crippen LogP contribution in [-0.2, 0) is 4.79 Å². The average molecular weight is 285 g/mol. The highest BCUT2D eigenvalue weighted by atomic mass is 16.5. The van der Waals surface area contributed by atoms with Crippen molar-refractivity contribution in [2.45, 2.75) is 18.9 Å². The summed E-state index contributed by atoms with van der Waals surface area (Å²) in [7, 11) is 0. The van der Waals surface area contributed by atoms with E-state index in [1.165, 1.54) is 0 Å². The lowest BCUT2D eigenvalue weighted by Crippen LogP contribution is -2.52. The van der Waals surface area contributed by atoms with Gasteiger partial charge in [0.05, 0.1) is 12.1 Å². The van der Waals surface area contributed by atoms with Crippen LogP contribution in [0.4, 0.5) is 0 Å². The summed E-state index contributed by atoms with van der Waals surface area (Å²) in [6, 6.07) is 9.92. The smallest absolute Gasteiger partial charge is 0.233 e. The third kappa shape index (κ3) is 2.59. The second kappa shape index (κ2) is 5.74. The van der Waals surface area contributed by atoms with Crippen molar-refractivity contribution in [3.05, 3.63) is 29.8 Å². The van der Waals surface area contributed by atoms with Crippen molar-refractivity contribution < 1.29 is 9.53 Å². The van der Waals surface area contributed by atoms with Gasteiger partial charge in [-0.15, -0.1) is 0 Å². The van der Waals surface area contributed by atoms with Gasteiger partial charge >= 0.3 is 0 Å². The van der Waals surface area contributed by atoms with Crippen LogP contribution in [0.15, 0.2) is 24.3 Å². The monoisotopic (exact) mass is 285 g/mol. The molecule has 2 heterocycles. The number of amides is 1. The molecule has 0 saturated carbocycles. The Hall–Kier alpha value is -2.06. The molecule has 3 rings (SSSR count). The minimum atomic E-state index is -0.179. The zero-order valence-electron chi connectivity index (χ0n) is 12.2. The first kappa shape index (κ1) is 13.9. The number of ether oxygens (including phenoxy) is 1. The zero-order chi connectivity index (χ0) is 14.8. The SMILES string of the molecule is CC(C#N)N1CCN(C(=O)C2COc3ccccc32)CC1. The second-order valence-corrected chi connectivity index (χ2v) is 5.57.